The van der Waals surface area contributed by atoms with Gasteiger partial charge in [0, 0.05) is 31.6 Å². The molecule has 0 spiro atoms. The number of piperidine rings is 1. The van der Waals surface area contributed by atoms with Crippen LogP contribution in [0.15, 0.2) is 30.3 Å². The maximum Gasteiger partial charge on any atom is 0.222 e. The Labute approximate surface area is 155 Å². The lowest BCUT2D eigenvalue weighted by Gasteiger charge is -2.31. The minimum atomic E-state index is -3.10. The van der Waals surface area contributed by atoms with Gasteiger partial charge in [-0.25, -0.2) is 12.7 Å². The average molecular weight is 388 g/mol. The Morgan fingerprint density at radius 1 is 1.16 bits per heavy atom. The van der Waals surface area contributed by atoms with Crippen LogP contribution in [-0.2, 0) is 14.8 Å². The van der Waals surface area contributed by atoms with Crippen LogP contribution >= 0.6 is 12.4 Å². The molecule has 1 unspecified atom stereocenters. The van der Waals surface area contributed by atoms with Crippen LogP contribution in [0.25, 0.3) is 0 Å². The van der Waals surface area contributed by atoms with Crippen LogP contribution in [0, 0.1) is 0 Å². The van der Waals surface area contributed by atoms with Crippen molar-refractivity contribution in [2.24, 2.45) is 5.73 Å². The highest BCUT2D eigenvalue weighted by Gasteiger charge is 2.41. The molecule has 6 nitrogen and oxygen atoms in total. The van der Waals surface area contributed by atoms with Gasteiger partial charge in [0.25, 0.3) is 0 Å². The predicted octanol–water partition coefficient (Wildman–Crippen LogP) is 1.57. The van der Waals surface area contributed by atoms with Crippen LogP contribution < -0.4 is 11.1 Å². The average Bonchev–Trinajstić information content (AvgIpc) is 3.41. The second-order valence-corrected chi connectivity index (χ2v) is 8.92. The molecule has 1 aliphatic carbocycles. The number of halogens is 1. The second-order valence-electron chi connectivity index (χ2n) is 6.71. The fraction of sp³-hybridized carbons (Fsp3) is 0.588. The Balaban J connectivity index is 0.00000225. The van der Waals surface area contributed by atoms with Crippen molar-refractivity contribution in [3.05, 3.63) is 35.9 Å². The molecule has 1 aromatic carbocycles. The van der Waals surface area contributed by atoms with Crippen LogP contribution in [-0.4, -0.2) is 43.0 Å². The number of carbonyl (C=O) groups is 1. The first-order chi connectivity index (χ1) is 11.5. The first-order valence-electron chi connectivity index (χ1n) is 8.55. The van der Waals surface area contributed by atoms with Crippen LogP contribution in [0.2, 0.25) is 0 Å². The molecule has 3 N–H and O–H groups in total. The van der Waals surface area contributed by atoms with E-state index in [1.165, 1.54) is 0 Å². The summed E-state index contributed by atoms with van der Waals surface area (Å²) in [6.07, 6.45) is 3.15. The largest absolute Gasteiger partial charge is 0.353 e. The van der Waals surface area contributed by atoms with Crippen molar-refractivity contribution in [2.75, 3.05) is 13.1 Å². The van der Waals surface area contributed by atoms with Crippen LogP contribution in [0.5, 0.6) is 0 Å². The standard InChI is InChI=1S/C17H25N3O3S.ClH/c18-16(13-4-2-1-3-5-13)12-17(21)19-14-8-10-20(11-9-14)24(22,23)15-6-7-15;/h1-5,14-16H,6-12,18H2,(H,19,21);1H. The summed E-state index contributed by atoms with van der Waals surface area (Å²) in [5.41, 5.74) is 7.01. The molecule has 2 fully saturated rings. The van der Waals surface area contributed by atoms with Crippen molar-refractivity contribution in [1.29, 1.82) is 0 Å². The number of sulfonamides is 1. The number of nitrogens with zero attached hydrogens (tertiary/aromatic N) is 1. The highest BCUT2D eigenvalue weighted by Crippen LogP contribution is 2.32. The van der Waals surface area contributed by atoms with Gasteiger partial charge in [-0.3, -0.25) is 4.79 Å². The van der Waals surface area contributed by atoms with E-state index < -0.39 is 10.0 Å². The van der Waals surface area contributed by atoms with Gasteiger partial charge in [0.15, 0.2) is 0 Å². The van der Waals surface area contributed by atoms with Gasteiger partial charge >= 0.3 is 0 Å². The Bertz CT molecular complexity index is 672. The number of hydrogen-bond acceptors (Lipinski definition) is 4. The van der Waals surface area contributed by atoms with Gasteiger partial charge in [-0.05, 0) is 31.2 Å². The summed E-state index contributed by atoms with van der Waals surface area (Å²) in [6, 6.07) is 9.28. The summed E-state index contributed by atoms with van der Waals surface area (Å²) in [7, 11) is -3.10. The van der Waals surface area contributed by atoms with Gasteiger partial charge < -0.3 is 11.1 Å². The highest BCUT2D eigenvalue weighted by molar-refractivity contribution is 7.90. The van der Waals surface area contributed by atoms with E-state index in [2.05, 4.69) is 5.32 Å². The molecule has 1 saturated heterocycles. The van der Waals surface area contributed by atoms with E-state index in [9.17, 15) is 13.2 Å². The van der Waals surface area contributed by atoms with Crippen molar-refractivity contribution in [3.8, 4) is 0 Å². The van der Waals surface area contributed by atoms with E-state index >= 15 is 0 Å². The van der Waals surface area contributed by atoms with Crippen LogP contribution in [0.4, 0.5) is 0 Å². The first kappa shape index (κ1) is 20.2. The quantitative estimate of drug-likeness (QED) is 0.774. The van der Waals surface area contributed by atoms with Gasteiger partial charge in [-0.2, -0.15) is 0 Å². The summed E-state index contributed by atoms with van der Waals surface area (Å²) < 4.78 is 26.0. The van der Waals surface area contributed by atoms with E-state index in [1.807, 2.05) is 30.3 Å². The van der Waals surface area contributed by atoms with E-state index in [4.69, 9.17) is 5.73 Å². The Hall–Kier alpha value is -1.15. The van der Waals surface area contributed by atoms with Gasteiger partial charge in [0.2, 0.25) is 15.9 Å². The number of nitrogens with two attached hydrogens (primary N) is 1. The van der Waals surface area contributed by atoms with E-state index in [0.717, 1.165) is 18.4 Å². The van der Waals surface area contributed by atoms with Gasteiger partial charge in [0.05, 0.1) is 5.25 Å². The molecule has 2 aliphatic rings. The minimum absolute atomic E-state index is 0. The molecule has 0 bridgehead atoms. The molecule has 1 atom stereocenters. The maximum atomic E-state index is 12.2. The molecule has 0 radical (unpaired) electrons. The third-order valence-corrected chi connectivity index (χ3v) is 7.16. The number of nitrogens with one attached hydrogen (secondary N) is 1. The molecule has 1 aromatic rings. The zero-order valence-corrected chi connectivity index (χ0v) is 15.8. The van der Waals surface area contributed by atoms with Crippen LogP contribution in [0.1, 0.15) is 43.7 Å². The summed E-state index contributed by atoms with van der Waals surface area (Å²) >= 11 is 0. The summed E-state index contributed by atoms with van der Waals surface area (Å²) in [5, 5.41) is 2.84. The lowest BCUT2D eigenvalue weighted by molar-refractivity contribution is -0.122. The second kappa shape index (κ2) is 8.49. The van der Waals surface area contributed by atoms with Crippen molar-refractivity contribution in [1.82, 2.24) is 9.62 Å². The van der Waals surface area contributed by atoms with Crippen molar-refractivity contribution < 1.29 is 13.2 Å². The normalized spacial score (nSPS) is 20.5. The molecule has 1 aliphatic heterocycles. The lowest BCUT2D eigenvalue weighted by atomic mass is 10.0. The van der Waals surface area contributed by atoms with E-state index in [1.54, 1.807) is 4.31 Å². The fourth-order valence-electron chi connectivity index (χ4n) is 3.14. The van der Waals surface area contributed by atoms with Crippen molar-refractivity contribution >= 4 is 28.3 Å². The number of benzene rings is 1. The lowest BCUT2D eigenvalue weighted by Crippen LogP contribution is -2.47. The summed E-state index contributed by atoms with van der Waals surface area (Å²) in [4.78, 5) is 12.2. The molecule has 1 saturated carbocycles. The van der Waals surface area contributed by atoms with E-state index in [-0.39, 0.29) is 42.1 Å². The molecular weight excluding hydrogens is 362 g/mol. The van der Waals surface area contributed by atoms with Crippen LogP contribution in [0.3, 0.4) is 0 Å². The smallest absolute Gasteiger partial charge is 0.222 e. The van der Waals surface area contributed by atoms with E-state index in [0.29, 0.717) is 25.9 Å². The first-order valence-corrected chi connectivity index (χ1v) is 10.1. The molecule has 3 rings (SSSR count). The Morgan fingerprint density at radius 2 is 1.76 bits per heavy atom. The fourth-order valence-corrected chi connectivity index (χ4v) is 5.01. The number of amides is 1. The van der Waals surface area contributed by atoms with Crippen molar-refractivity contribution in [2.45, 2.75) is 49.4 Å². The molecule has 1 heterocycles. The Morgan fingerprint density at radius 3 is 2.32 bits per heavy atom. The number of carbonyl (C=O) groups excluding carboxylic acids is 1. The zero-order chi connectivity index (χ0) is 17.2. The minimum Gasteiger partial charge on any atom is -0.353 e. The van der Waals surface area contributed by atoms with Gasteiger partial charge in [0.1, 0.15) is 0 Å². The summed E-state index contributed by atoms with van der Waals surface area (Å²) in [5.74, 6) is -0.0742. The molecule has 1 amide bonds. The molecule has 140 valence electrons. The maximum absolute atomic E-state index is 12.2. The molecule has 8 heteroatoms. The SMILES string of the molecule is Cl.NC(CC(=O)NC1CCN(S(=O)(=O)C2CC2)CC1)c1ccccc1. The summed E-state index contributed by atoms with van der Waals surface area (Å²) in [6.45, 7) is 0.989. The topological polar surface area (TPSA) is 92.5 Å². The van der Waals surface area contributed by atoms with Gasteiger partial charge in [-0.15, -0.1) is 12.4 Å². The Kier molecular flexibility index (Phi) is 6.85. The third kappa shape index (κ3) is 5.17. The zero-order valence-electron chi connectivity index (χ0n) is 14.1. The molecular formula is C17H26ClN3O3S. The third-order valence-electron chi connectivity index (χ3n) is 4.76. The highest BCUT2D eigenvalue weighted by atomic mass is 35.5. The monoisotopic (exact) mass is 387 g/mol. The van der Waals surface area contributed by atoms with Crippen molar-refractivity contribution in [3.63, 3.8) is 0 Å². The number of hydrogen-bond donors (Lipinski definition) is 2. The van der Waals surface area contributed by atoms with Gasteiger partial charge in [-0.1, -0.05) is 30.3 Å². The predicted molar refractivity (Wildman–Crippen MR) is 99.9 cm³/mol. The molecule has 25 heavy (non-hydrogen) atoms. The molecule has 0 aromatic heterocycles. The number of rotatable bonds is 6.